The Bertz CT molecular complexity index is 402. The lowest BCUT2D eigenvalue weighted by atomic mass is 10.2. The maximum Gasteiger partial charge on any atom is 0.179 e. The van der Waals surface area contributed by atoms with Gasteiger partial charge in [0.2, 0.25) is 0 Å². The molecule has 0 radical (unpaired) electrons. The first-order valence-corrected chi connectivity index (χ1v) is 6.34. The van der Waals surface area contributed by atoms with Gasteiger partial charge in [-0.15, -0.1) is 0 Å². The van der Waals surface area contributed by atoms with E-state index in [4.69, 9.17) is 30.9 Å². The molecule has 0 spiro atoms. The zero-order valence-corrected chi connectivity index (χ0v) is 11.1. The van der Waals surface area contributed by atoms with Gasteiger partial charge >= 0.3 is 0 Å². The van der Waals surface area contributed by atoms with Gasteiger partial charge in [-0.25, -0.2) is 0 Å². The molecule has 4 nitrogen and oxygen atoms in total. The van der Waals surface area contributed by atoms with E-state index in [0.29, 0.717) is 28.7 Å². The van der Waals surface area contributed by atoms with E-state index in [0.717, 1.165) is 19.4 Å². The van der Waals surface area contributed by atoms with Crippen LogP contribution >= 0.6 is 11.6 Å². The summed E-state index contributed by atoms with van der Waals surface area (Å²) in [5.41, 5.74) is 0.696. The van der Waals surface area contributed by atoms with E-state index >= 15 is 0 Å². The third kappa shape index (κ3) is 3.07. The van der Waals surface area contributed by atoms with Gasteiger partial charge in [0.15, 0.2) is 11.5 Å². The van der Waals surface area contributed by atoms with Crippen molar-refractivity contribution >= 4 is 11.6 Å². The fourth-order valence-corrected chi connectivity index (χ4v) is 2.24. The van der Waals surface area contributed by atoms with Crippen molar-refractivity contribution < 1.29 is 19.3 Å². The first kappa shape index (κ1) is 13.5. The molecule has 1 heterocycles. The molecule has 1 aliphatic heterocycles. The average molecular weight is 273 g/mol. The lowest BCUT2D eigenvalue weighted by Crippen LogP contribution is -2.16. The van der Waals surface area contributed by atoms with Gasteiger partial charge in [0, 0.05) is 6.61 Å². The number of benzene rings is 1. The Hall–Kier alpha value is -0.970. The van der Waals surface area contributed by atoms with Crippen LogP contribution in [0.25, 0.3) is 0 Å². The summed E-state index contributed by atoms with van der Waals surface area (Å²) in [6.45, 7) is 1.18. The van der Waals surface area contributed by atoms with Gasteiger partial charge in [-0.05, 0) is 30.5 Å². The van der Waals surface area contributed by atoms with E-state index < -0.39 is 0 Å². The van der Waals surface area contributed by atoms with E-state index in [1.165, 1.54) is 0 Å². The maximum atomic E-state index is 9.10. The molecule has 2 rings (SSSR count). The molecule has 1 fully saturated rings. The minimum absolute atomic E-state index is 0.0813. The zero-order chi connectivity index (χ0) is 13.0. The van der Waals surface area contributed by atoms with Crippen LogP contribution in [0.2, 0.25) is 5.02 Å². The van der Waals surface area contributed by atoms with Gasteiger partial charge in [0.1, 0.15) is 6.61 Å². The van der Waals surface area contributed by atoms with Crippen molar-refractivity contribution in [3.05, 3.63) is 22.7 Å². The monoisotopic (exact) mass is 272 g/mol. The second-order valence-electron chi connectivity index (χ2n) is 4.21. The highest BCUT2D eigenvalue weighted by atomic mass is 35.5. The predicted molar refractivity (Wildman–Crippen MR) is 68.4 cm³/mol. The van der Waals surface area contributed by atoms with E-state index in [-0.39, 0.29) is 12.7 Å². The SMILES string of the molecule is COc1cc(CO)cc(Cl)c1OCC1CCCO1. The Labute approximate surface area is 111 Å². The summed E-state index contributed by atoms with van der Waals surface area (Å²) >= 11 is 6.12. The molecule has 1 N–H and O–H groups in total. The Morgan fingerprint density at radius 3 is 2.94 bits per heavy atom. The number of aliphatic hydroxyl groups is 1. The first-order valence-electron chi connectivity index (χ1n) is 5.96. The summed E-state index contributed by atoms with van der Waals surface area (Å²) < 4.78 is 16.4. The first-order chi connectivity index (χ1) is 8.74. The van der Waals surface area contributed by atoms with Crippen LogP contribution in [0.5, 0.6) is 11.5 Å². The molecule has 5 heteroatoms. The number of ether oxygens (including phenoxy) is 3. The molecule has 1 aromatic rings. The summed E-state index contributed by atoms with van der Waals surface area (Å²) in [6.07, 6.45) is 2.21. The van der Waals surface area contributed by atoms with Crippen LogP contribution < -0.4 is 9.47 Å². The predicted octanol–water partition coefficient (Wildman–Crippen LogP) is 2.40. The molecule has 100 valence electrons. The van der Waals surface area contributed by atoms with Crippen LogP contribution in [0.15, 0.2) is 12.1 Å². The fraction of sp³-hybridized carbons (Fsp3) is 0.538. The third-order valence-electron chi connectivity index (χ3n) is 2.91. The van der Waals surface area contributed by atoms with Crippen molar-refractivity contribution in [1.82, 2.24) is 0 Å². The molecule has 1 aliphatic rings. The number of rotatable bonds is 5. The number of hydrogen-bond donors (Lipinski definition) is 1. The van der Waals surface area contributed by atoms with Gasteiger partial charge in [-0.3, -0.25) is 0 Å². The summed E-state index contributed by atoms with van der Waals surface area (Å²) in [5, 5.41) is 9.54. The van der Waals surface area contributed by atoms with Gasteiger partial charge in [0.05, 0.1) is 24.8 Å². The van der Waals surface area contributed by atoms with Crippen molar-refractivity contribution in [2.24, 2.45) is 0 Å². The van der Waals surface area contributed by atoms with Gasteiger partial charge in [-0.1, -0.05) is 11.6 Å². The van der Waals surface area contributed by atoms with Crippen molar-refractivity contribution in [2.75, 3.05) is 20.3 Å². The standard InChI is InChI=1S/C13H17ClO4/c1-16-12-6-9(7-15)5-11(14)13(12)18-8-10-3-2-4-17-10/h5-6,10,15H,2-4,7-8H2,1H3. The quantitative estimate of drug-likeness (QED) is 0.894. The summed E-state index contributed by atoms with van der Waals surface area (Å²) in [7, 11) is 1.55. The van der Waals surface area contributed by atoms with Crippen LogP contribution in [0.3, 0.4) is 0 Å². The smallest absolute Gasteiger partial charge is 0.179 e. The van der Waals surface area contributed by atoms with Gasteiger partial charge in [-0.2, -0.15) is 0 Å². The molecule has 0 saturated carbocycles. The van der Waals surface area contributed by atoms with Crippen molar-refractivity contribution in [1.29, 1.82) is 0 Å². The second-order valence-corrected chi connectivity index (χ2v) is 4.62. The highest BCUT2D eigenvalue weighted by Gasteiger charge is 2.18. The minimum atomic E-state index is -0.0813. The van der Waals surface area contributed by atoms with Crippen LogP contribution in [0.4, 0.5) is 0 Å². The summed E-state index contributed by atoms with van der Waals surface area (Å²) in [4.78, 5) is 0. The zero-order valence-electron chi connectivity index (χ0n) is 10.3. The lowest BCUT2D eigenvalue weighted by molar-refractivity contribution is 0.0670. The summed E-state index contributed by atoms with van der Waals surface area (Å²) in [5.74, 6) is 1.04. The normalized spacial score (nSPS) is 18.9. The van der Waals surface area contributed by atoms with Crippen molar-refractivity contribution in [3.63, 3.8) is 0 Å². The molecule has 1 aromatic carbocycles. The molecule has 0 bridgehead atoms. The Balaban J connectivity index is 2.10. The highest BCUT2D eigenvalue weighted by Crippen LogP contribution is 2.36. The van der Waals surface area contributed by atoms with Crippen LogP contribution in [0, 0.1) is 0 Å². The molecule has 0 aromatic heterocycles. The topological polar surface area (TPSA) is 47.9 Å². The highest BCUT2D eigenvalue weighted by molar-refractivity contribution is 6.32. The molecular weight excluding hydrogens is 256 g/mol. The van der Waals surface area contributed by atoms with Crippen LogP contribution in [0.1, 0.15) is 18.4 Å². The molecule has 0 amide bonds. The Morgan fingerprint density at radius 1 is 1.50 bits per heavy atom. The third-order valence-corrected chi connectivity index (χ3v) is 3.19. The molecule has 18 heavy (non-hydrogen) atoms. The molecule has 0 aliphatic carbocycles. The molecule has 1 atom stereocenters. The van der Waals surface area contributed by atoms with Crippen LogP contribution in [-0.4, -0.2) is 31.5 Å². The minimum Gasteiger partial charge on any atom is -0.493 e. The molecule has 1 saturated heterocycles. The maximum absolute atomic E-state index is 9.10. The Morgan fingerprint density at radius 2 is 2.33 bits per heavy atom. The average Bonchev–Trinajstić information content (AvgIpc) is 2.89. The van der Waals surface area contributed by atoms with Gasteiger partial charge in [0.25, 0.3) is 0 Å². The molecular formula is C13H17ClO4. The van der Waals surface area contributed by atoms with Crippen molar-refractivity contribution in [2.45, 2.75) is 25.6 Å². The van der Waals surface area contributed by atoms with E-state index in [1.54, 1.807) is 19.2 Å². The fourth-order valence-electron chi connectivity index (χ4n) is 1.96. The van der Waals surface area contributed by atoms with Crippen LogP contribution in [-0.2, 0) is 11.3 Å². The number of methoxy groups -OCH3 is 1. The lowest BCUT2D eigenvalue weighted by Gasteiger charge is -2.16. The summed E-state index contributed by atoms with van der Waals surface area (Å²) in [6, 6.07) is 3.39. The number of aliphatic hydroxyl groups excluding tert-OH is 1. The second kappa shape index (κ2) is 6.27. The van der Waals surface area contributed by atoms with E-state index in [1.807, 2.05) is 0 Å². The van der Waals surface area contributed by atoms with E-state index in [9.17, 15) is 0 Å². The number of halogens is 1. The number of hydrogen-bond acceptors (Lipinski definition) is 4. The molecule has 1 unspecified atom stereocenters. The van der Waals surface area contributed by atoms with E-state index in [2.05, 4.69) is 0 Å². The van der Waals surface area contributed by atoms with Gasteiger partial charge < -0.3 is 19.3 Å². The Kier molecular flexibility index (Phi) is 4.69. The van der Waals surface area contributed by atoms with Crippen molar-refractivity contribution in [3.8, 4) is 11.5 Å². The largest absolute Gasteiger partial charge is 0.493 e.